The zero-order chi connectivity index (χ0) is 26.3. The fraction of sp³-hybridized carbons (Fsp3) is 0.375. The minimum atomic E-state index is -3.80. The van der Waals surface area contributed by atoms with E-state index in [0.717, 1.165) is 21.3 Å². The fourth-order valence-electron chi connectivity index (χ4n) is 4.86. The number of halogens is 1. The molecular formula is C24H24ClN7O4S2. The highest BCUT2D eigenvalue weighted by Gasteiger charge is 2.38. The Kier molecular flexibility index (Phi) is 6.86. The average Bonchev–Trinajstić information content (AvgIpc) is 3.61. The average molecular weight is 574 g/mol. The number of nitrogens with zero attached hydrogens (tertiary/aromatic N) is 7. The van der Waals surface area contributed by atoms with Gasteiger partial charge < -0.3 is 9.64 Å². The molecule has 2 aromatic carbocycles. The number of sulfonamides is 1. The number of rotatable bonds is 6. The molecule has 2 aliphatic heterocycles. The quantitative estimate of drug-likeness (QED) is 0.345. The summed E-state index contributed by atoms with van der Waals surface area (Å²) in [5.74, 6) is -0.194. The Morgan fingerprint density at radius 1 is 1.16 bits per heavy atom. The zero-order valence-electron chi connectivity index (χ0n) is 20.2. The van der Waals surface area contributed by atoms with Crippen LogP contribution in [0.5, 0.6) is 0 Å². The lowest BCUT2D eigenvalue weighted by Crippen LogP contribution is -2.56. The molecule has 6 rings (SSSR count). The van der Waals surface area contributed by atoms with E-state index >= 15 is 0 Å². The second kappa shape index (κ2) is 10.3. The normalized spacial score (nSPS) is 18.6. The molecule has 0 aliphatic carbocycles. The number of hydrogen-bond acceptors (Lipinski definition) is 9. The van der Waals surface area contributed by atoms with Gasteiger partial charge in [-0.15, -0.1) is 21.5 Å². The number of tetrazole rings is 1. The van der Waals surface area contributed by atoms with Crippen molar-refractivity contribution in [3.63, 3.8) is 0 Å². The van der Waals surface area contributed by atoms with Crippen molar-refractivity contribution in [2.75, 3.05) is 26.2 Å². The van der Waals surface area contributed by atoms with Crippen LogP contribution in [-0.2, 0) is 34.3 Å². The van der Waals surface area contributed by atoms with E-state index in [1.54, 1.807) is 41.3 Å². The number of fused-ring (bicyclic) bond motifs is 2. The Morgan fingerprint density at radius 2 is 2.00 bits per heavy atom. The van der Waals surface area contributed by atoms with Crippen molar-refractivity contribution in [1.82, 2.24) is 34.4 Å². The molecule has 1 unspecified atom stereocenters. The predicted octanol–water partition coefficient (Wildman–Crippen LogP) is 2.61. The fourth-order valence-corrected chi connectivity index (χ4v) is 7.55. The van der Waals surface area contributed by atoms with E-state index in [4.69, 9.17) is 16.3 Å². The number of carbonyl (C=O) groups is 1. The van der Waals surface area contributed by atoms with Gasteiger partial charge in [0.15, 0.2) is 11.3 Å². The molecule has 1 amide bonds. The maximum Gasteiger partial charge on any atom is 0.283 e. The zero-order valence-corrected chi connectivity index (χ0v) is 22.6. The number of piperazine rings is 1. The molecule has 11 nitrogen and oxygen atoms in total. The predicted molar refractivity (Wildman–Crippen MR) is 140 cm³/mol. The van der Waals surface area contributed by atoms with Gasteiger partial charge in [0.05, 0.1) is 35.2 Å². The number of hydrogen-bond donors (Lipinski definition) is 0. The van der Waals surface area contributed by atoms with Crippen LogP contribution in [0.2, 0.25) is 5.02 Å². The topological polar surface area (TPSA) is 123 Å². The standard InChI is InChI=1S/C24H24ClN7O4S2/c25-18-3-1-17-12-20(4-2-16(17)11-18)38(34,35)30-8-9-31(19(13-30)5-7-32-27-15-26-29-32)24(33)23-28-21-6-10-36-14-22(21)37-23/h1-4,11-12,15,19H,5-10,13-14H2. The van der Waals surface area contributed by atoms with Gasteiger partial charge in [-0.25, -0.2) is 13.4 Å². The lowest BCUT2D eigenvalue weighted by Gasteiger charge is -2.40. The van der Waals surface area contributed by atoms with Crippen LogP contribution in [0.4, 0.5) is 0 Å². The van der Waals surface area contributed by atoms with Crippen molar-refractivity contribution in [2.24, 2.45) is 0 Å². The van der Waals surface area contributed by atoms with Crippen LogP contribution in [0.1, 0.15) is 26.8 Å². The van der Waals surface area contributed by atoms with Gasteiger partial charge >= 0.3 is 0 Å². The summed E-state index contributed by atoms with van der Waals surface area (Å²) in [7, 11) is -3.80. The van der Waals surface area contributed by atoms with Crippen molar-refractivity contribution in [2.45, 2.75) is 36.9 Å². The molecule has 0 spiro atoms. The summed E-state index contributed by atoms with van der Waals surface area (Å²) in [6, 6.07) is 9.97. The third kappa shape index (κ3) is 4.92. The highest BCUT2D eigenvalue weighted by molar-refractivity contribution is 7.89. The largest absolute Gasteiger partial charge is 0.375 e. The van der Waals surface area contributed by atoms with Crippen molar-refractivity contribution < 1.29 is 17.9 Å². The molecule has 0 N–H and O–H groups in total. The number of amides is 1. The molecule has 2 aliphatic rings. The third-order valence-corrected chi connectivity index (χ3v) is 10.0. The summed E-state index contributed by atoms with van der Waals surface area (Å²) < 4.78 is 34.3. The Labute approximate surface area is 228 Å². The van der Waals surface area contributed by atoms with Crippen molar-refractivity contribution in [1.29, 1.82) is 0 Å². The molecule has 0 saturated carbocycles. The van der Waals surface area contributed by atoms with Gasteiger partial charge in [0.25, 0.3) is 5.91 Å². The number of thiazole rings is 1. The van der Waals surface area contributed by atoms with Gasteiger partial charge in [-0.05, 0) is 46.7 Å². The summed E-state index contributed by atoms with van der Waals surface area (Å²) in [6.45, 7) is 2.02. The molecule has 1 fully saturated rings. The smallest absolute Gasteiger partial charge is 0.283 e. The molecule has 198 valence electrons. The van der Waals surface area contributed by atoms with Crippen molar-refractivity contribution >= 4 is 49.6 Å². The van der Waals surface area contributed by atoms with Gasteiger partial charge in [-0.3, -0.25) is 4.79 Å². The number of ether oxygens (including phenoxy) is 1. The first-order valence-corrected chi connectivity index (χ1v) is 14.8. The lowest BCUT2D eigenvalue weighted by atomic mass is 10.1. The van der Waals surface area contributed by atoms with Gasteiger partial charge in [-0.2, -0.15) is 9.10 Å². The minimum absolute atomic E-state index is 0.148. The van der Waals surface area contributed by atoms with Gasteiger partial charge in [0.2, 0.25) is 10.0 Å². The van der Waals surface area contributed by atoms with Crippen LogP contribution in [0.15, 0.2) is 47.6 Å². The molecular weight excluding hydrogens is 550 g/mol. The molecule has 2 aromatic heterocycles. The minimum Gasteiger partial charge on any atom is -0.375 e. The van der Waals surface area contributed by atoms with E-state index in [1.807, 2.05) is 0 Å². The maximum atomic E-state index is 13.7. The molecule has 38 heavy (non-hydrogen) atoms. The molecule has 14 heteroatoms. The van der Waals surface area contributed by atoms with Crippen LogP contribution < -0.4 is 0 Å². The number of aromatic nitrogens is 5. The summed E-state index contributed by atoms with van der Waals surface area (Å²) in [4.78, 5) is 22.5. The van der Waals surface area contributed by atoms with E-state index in [2.05, 4.69) is 20.4 Å². The molecule has 4 aromatic rings. The highest BCUT2D eigenvalue weighted by atomic mass is 35.5. The maximum absolute atomic E-state index is 13.7. The van der Waals surface area contributed by atoms with Crippen LogP contribution in [0.3, 0.4) is 0 Å². The van der Waals surface area contributed by atoms with Gasteiger partial charge in [0, 0.05) is 37.1 Å². The van der Waals surface area contributed by atoms with Crippen LogP contribution in [-0.4, -0.2) is 81.0 Å². The molecule has 4 heterocycles. The summed E-state index contributed by atoms with van der Waals surface area (Å²) >= 11 is 7.43. The van der Waals surface area contributed by atoms with E-state index in [0.29, 0.717) is 42.6 Å². The first-order chi connectivity index (χ1) is 18.4. The number of benzene rings is 2. The Balaban J connectivity index is 1.26. The molecule has 0 radical (unpaired) electrons. The SMILES string of the molecule is O=C(c1nc2c(s1)COCC2)N1CCN(S(=O)(=O)c2ccc3cc(Cl)ccc3c2)CC1CCn1ncnn1. The first kappa shape index (κ1) is 25.3. The Morgan fingerprint density at radius 3 is 2.82 bits per heavy atom. The summed E-state index contributed by atoms with van der Waals surface area (Å²) in [6.07, 6.45) is 2.48. The summed E-state index contributed by atoms with van der Waals surface area (Å²) in [5, 5.41) is 14.3. The molecule has 1 atom stereocenters. The summed E-state index contributed by atoms with van der Waals surface area (Å²) in [5.41, 5.74) is 0.909. The second-order valence-corrected chi connectivity index (χ2v) is 12.6. The van der Waals surface area contributed by atoms with Crippen LogP contribution >= 0.6 is 22.9 Å². The molecule has 0 bridgehead atoms. The third-order valence-electron chi connectivity index (χ3n) is 6.85. The van der Waals surface area contributed by atoms with Crippen LogP contribution in [0, 0.1) is 0 Å². The van der Waals surface area contributed by atoms with Crippen LogP contribution in [0.25, 0.3) is 10.8 Å². The second-order valence-electron chi connectivity index (χ2n) is 9.18. The Hall–Kier alpha value is -2.97. The van der Waals surface area contributed by atoms with Gasteiger partial charge in [-0.1, -0.05) is 23.7 Å². The van der Waals surface area contributed by atoms with E-state index in [1.165, 1.54) is 26.8 Å². The lowest BCUT2D eigenvalue weighted by molar-refractivity contribution is 0.0539. The highest BCUT2D eigenvalue weighted by Crippen LogP contribution is 2.29. The Bertz CT molecular complexity index is 1570. The number of aryl methyl sites for hydroxylation is 1. The van der Waals surface area contributed by atoms with E-state index < -0.39 is 16.1 Å². The van der Waals surface area contributed by atoms with Gasteiger partial charge in [0.1, 0.15) is 0 Å². The monoisotopic (exact) mass is 573 g/mol. The first-order valence-electron chi connectivity index (χ1n) is 12.2. The van der Waals surface area contributed by atoms with E-state index in [-0.39, 0.29) is 30.4 Å². The van der Waals surface area contributed by atoms with E-state index in [9.17, 15) is 13.2 Å². The number of carbonyl (C=O) groups excluding carboxylic acids is 1. The van der Waals surface area contributed by atoms with Crippen molar-refractivity contribution in [3.05, 3.63) is 63.3 Å². The molecule has 1 saturated heterocycles. The van der Waals surface area contributed by atoms with Crippen molar-refractivity contribution in [3.8, 4) is 0 Å².